The highest BCUT2D eigenvalue weighted by Gasteiger charge is 2.02. The first-order valence-electron chi connectivity index (χ1n) is 5.44. The first-order valence-corrected chi connectivity index (χ1v) is 5.44. The van der Waals surface area contributed by atoms with Crippen LogP contribution in [0.15, 0.2) is 18.2 Å². The SMILES string of the molecule is CNC(=O)CCCOc1ccc(OC)c(N)c1. The van der Waals surface area contributed by atoms with Gasteiger partial charge in [-0.25, -0.2) is 0 Å². The van der Waals surface area contributed by atoms with Crippen LogP contribution >= 0.6 is 0 Å². The summed E-state index contributed by atoms with van der Waals surface area (Å²) in [6, 6.07) is 5.25. The number of amides is 1. The van der Waals surface area contributed by atoms with E-state index in [9.17, 15) is 4.79 Å². The molecule has 5 nitrogen and oxygen atoms in total. The van der Waals surface area contributed by atoms with E-state index in [0.717, 1.165) is 0 Å². The fourth-order valence-electron chi connectivity index (χ4n) is 1.35. The fraction of sp³-hybridized carbons (Fsp3) is 0.417. The lowest BCUT2D eigenvalue weighted by Crippen LogP contribution is -2.18. The van der Waals surface area contributed by atoms with E-state index in [1.807, 2.05) is 0 Å². The summed E-state index contributed by atoms with van der Waals surface area (Å²) < 4.78 is 10.5. The molecular weight excluding hydrogens is 220 g/mol. The van der Waals surface area contributed by atoms with E-state index in [2.05, 4.69) is 5.32 Å². The Labute approximate surface area is 101 Å². The van der Waals surface area contributed by atoms with Gasteiger partial charge in [-0.2, -0.15) is 0 Å². The standard InChI is InChI=1S/C12H18N2O3/c1-14-12(15)4-3-7-17-9-5-6-11(16-2)10(13)8-9/h5-6,8H,3-4,7,13H2,1-2H3,(H,14,15). The summed E-state index contributed by atoms with van der Waals surface area (Å²) in [5.41, 5.74) is 6.28. The molecule has 0 saturated carbocycles. The molecule has 17 heavy (non-hydrogen) atoms. The number of ether oxygens (including phenoxy) is 2. The van der Waals surface area contributed by atoms with Gasteiger partial charge in [0.1, 0.15) is 11.5 Å². The van der Waals surface area contributed by atoms with E-state index < -0.39 is 0 Å². The van der Waals surface area contributed by atoms with Crippen molar-refractivity contribution in [2.45, 2.75) is 12.8 Å². The van der Waals surface area contributed by atoms with Gasteiger partial charge in [-0.3, -0.25) is 4.79 Å². The average Bonchev–Trinajstić information content (AvgIpc) is 2.34. The summed E-state index contributed by atoms with van der Waals surface area (Å²) in [6.45, 7) is 0.485. The number of carbonyl (C=O) groups excluding carboxylic acids is 1. The van der Waals surface area contributed by atoms with E-state index in [1.54, 1.807) is 32.4 Å². The highest BCUT2D eigenvalue weighted by atomic mass is 16.5. The third-order valence-electron chi connectivity index (χ3n) is 2.30. The molecule has 0 bridgehead atoms. The smallest absolute Gasteiger partial charge is 0.219 e. The van der Waals surface area contributed by atoms with Crippen molar-refractivity contribution in [3.05, 3.63) is 18.2 Å². The molecule has 0 aliphatic carbocycles. The number of anilines is 1. The van der Waals surface area contributed by atoms with Gasteiger partial charge in [0, 0.05) is 19.5 Å². The summed E-state index contributed by atoms with van der Waals surface area (Å²) >= 11 is 0. The zero-order chi connectivity index (χ0) is 12.7. The Morgan fingerprint density at radius 1 is 1.47 bits per heavy atom. The van der Waals surface area contributed by atoms with E-state index >= 15 is 0 Å². The van der Waals surface area contributed by atoms with Crippen LogP contribution in [0.25, 0.3) is 0 Å². The average molecular weight is 238 g/mol. The largest absolute Gasteiger partial charge is 0.495 e. The Hall–Kier alpha value is -1.91. The molecule has 1 aromatic carbocycles. The Morgan fingerprint density at radius 3 is 2.82 bits per heavy atom. The Bertz CT molecular complexity index is 380. The number of methoxy groups -OCH3 is 1. The van der Waals surface area contributed by atoms with Gasteiger partial charge in [0.15, 0.2) is 0 Å². The zero-order valence-electron chi connectivity index (χ0n) is 10.2. The van der Waals surface area contributed by atoms with Gasteiger partial charge in [0.2, 0.25) is 5.91 Å². The predicted octanol–water partition coefficient (Wildman–Crippen LogP) is 1.18. The molecule has 1 aromatic rings. The quantitative estimate of drug-likeness (QED) is 0.576. The minimum Gasteiger partial charge on any atom is -0.495 e. The first-order chi connectivity index (χ1) is 8.17. The highest BCUT2D eigenvalue weighted by molar-refractivity contribution is 5.75. The van der Waals surface area contributed by atoms with E-state index in [0.29, 0.717) is 36.6 Å². The molecule has 0 atom stereocenters. The predicted molar refractivity (Wildman–Crippen MR) is 66.2 cm³/mol. The first kappa shape index (κ1) is 13.2. The molecule has 0 saturated heterocycles. The Kier molecular flexibility index (Phi) is 5.13. The topological polar surface area (TPSA) is 73.6 Å². The van der Waals surface area contributed by atoms with Crippen molar-refractivity contribution >= 4 is 11.6 Å². The number of nitrogens with two attached hydrogens (primary N) is 1. The molecule has 0 aromatic heterocycles. The lowest BCUT2D eigenvalue weighted by atomic mass is 10.2. The molecule has 1 rings (SSSR count). The summed E-state index contributed by atoms with van der Waals surface area (Å²) in [5.74, 6) is 1.32. The van der Waals surface area contributed by atoms with Crippen LogP contribution in [0.2, 0.25) is 0 Å². The summed E-state index contributed by atoms with van der Waals surface area (Å²) in [7, 11) is 3.18. The van der Waals surface area contributed by atoms with E-state index in [1.165, 1.54) is 0 Å². The second-order valence-electron chi connectivity index (χ2n) is 3.53. The Balaban J connectivity index is 2.37. The van der Waals surface area contributed by atoms with Crippen LogP contribution < -0.4 is 20.5 Å². The van der Waals surface area contributed by atoms with Gasteiger partial charge in [-0.15, -0.1) is 0 Å². The summed E-state index contributed by atoms with van der Waals surface area (Å²) in [5, 5.41) is 2.56. The zero-order valence-corrected chi connectivity index (χ0v) is 10.2. The molecule has 0 spiro atoms. The summed E-state index contributed by atoms with van der Waals surface area (Å²) in [4.78, 5) is 11.0. The fourth-order valence-corrected chi connectivity index (χ4v) is 1.35. The van der Waals surface area contributed by atoms with Crippen molar-refractivity contribution in [3.63, 3.8) is 0 Å². The van der Waals surface area contributed by atoms with Crippen molar-refractivity contribution < 1.29 is 14.3 Å². The van der Waals surface area contributed by atoms with Crippen LogP contribution in [0.3, 0.4) is 0 Å². The van der Waals surface area contributed by atoms with Crippen LogP contribution in [0.5, 0.6) is 11.5 Å². The van der Waals surface area contributed by atoms with Crippen molar-refractivity contribution in [2.75, 3.05) is 26.5 Å². The van der Waals surface area contributed by atoms with Gasteiger partial charge in [-0.05, 0) is 18.6 Å². The Morgan fingerprint density at radius 2 is 2.24 bits per heavy atom. The van der Waals surface area contributed by atoms with Crippen molar-refractivity contribution in [1.29, 1.82) is 0 Å². The van der Waals surface area contributed by atoms with Gasteiger partial charge in [0.05, 0.1) is 19.4 Å². The van der Waals surface area contributed by atoms with Crippen LogP contribution in [-0.2, 0) is 4.79 Å². The molecule has 3 N–H and O–H groups in total. The number of hydrogen-bond donors (Lipinski definition) is 2. The van der Waals surface area contributed by atoms with Gasteiger partial charge in [0.25, 0.3) is 0 Å². The highest BCUT2D eigenvalue weighted by Crippen LogP contribution is 2.25. The molecule has 0 heterocycles. The number of hydrogen-bond acceptors (Lipinski definition) is 4. The minimum absolute atomic E-state index is 0.0165. The van der Waals surface area contributed by atoms with Crippen LogP contribution in [0, 0.1) is 0 Å². The van der Waals surface area contributed by atoms with Gasteiger partial charge >= 0.3 is 0 Å². The molecule has 94 valence electrons. The van der Waals surface area contributed by atoms with Gasteiger partial charge in [-0.1, -0.05) is 0 Å². The summed E-state index contributed by atoms with van der Waals surface area (Å²) in [6.07, 6.45) is 1.13. The monoisotopic (exact) mass is 238 g/mol. The number of rotatable bonds is 6. The van der Waals surface area contributed by atoms with Crippen molar-refractivity contribution in [1.82, 2.24) is 5.32 Å². The third kappa shape index (κ3) is 4.22. The van der Waals surface area contributed by atoms with E-state index in [-0.39, 0.29) is 5.91 Å². The second-order valence-corrected chi connectivity index (χ2v) is 3.53. The van der Waals surface area contributed by atoms with Crippen molar-refractivity contribution in [2.24, 2.45) is 0 Å². The maximum absolute atomic E-state index is 11.0. The lowest BCUT2D eigenvalue weighted by Gasteiger charge is -2.09. The minimum atomic E-state index is 0.0165. The number of nitrogen functional groups attached to an aromatic ring is 1. The third-order valence-corrected chi connectivity index (χ3v) is 2.30. The normalized spacial score (nSPS) is 9.76. The van der Waals surface area contributed by atoms with Crippen molar-refractivity contribution in [3.8, 4) is 11.5 Å². The molecule has 1 amide bonds. The molecule has 5 heteroatoms. The number of nitrogens with one attached hydrogen (secondary N) is 1. The van der Waals surface area contributed by atoms with Crippen LogP contribution in [0.4, 0.5) is 5.69 Å². The lowest BCUT2D eigenvalue weighted by molar-refractivity contribution is -0.120. The maximum atomic E-state index is 11.0. The number of carbonyl (C=O) groups is 1. The molecule has 0 fully saturated rings. The molecule has 0 aliphatic heterocycles. The molecule has 0 unspecified atom stereocenters. The van der Waals surface area contributed by atoms with Crippen LogP contribution in [0.1, 0.15) is 12.8 Å². The van der Waals surface area contributed by atoms with Crippen LogP contribution in [-0.4, -0.2) is 26.7 Å². The molecule has 0 aliphatic rings. The number of benzene rings is 1. The maximum Gasteiger partial charge on any atom is 0.219 e. The second kappa shape index (κ2) is 6.62. The molecular formula is C12H18N2O3. The van der Waals surface area contributed by atoms with Gasteiger partial charge < -0.3 is 20.5 Å². The molecule has 0 radical (unpaired) electrons. The van der Waals surface area contributed by atoms with E-state index in [4.69, 9.17) is 15.2 Å².